The molecule has 3 rings (SSSR count). The molecule has 2 aliphatic rings. The van der Waals surface area contributed by atoms with E-state index in [0.717, 1.165) is 25.0 Å². The molecular formula is C12H14FNO5S2. The van der Waals surface area contributed by atoms with Crippen molar-refractivity contribution in [3.05, 3.63) is 24.3 Å². The number of morpholine rings is 1. The molecule has 0 aromatic heterocycles. The van der Waals surface area contributed by atoms with E-state index < -0.39 is 25.1 Å². The van der Waals surface area contributed by atoms with Gasteiger partial charge in [-0.25, -0.2) is 8.42 Å². The second-order valence-corrected chi connectivity index (χ2v) is 8.48. The molecule has 2 heterocycles. The number of rotatable bonds is 3. The molecule has 0 spiro atoms. The van der Waals surface area contributed by atoms with Crippen molar-refractivity contribution >= 4 is 20.2 Å². The van der Waals surface area contributed by atoms with Crippen LogP contribution in [0.2, 0.25) is 0 Å². The van der Waals surface area contributed by atoms with Gasteiger partial charge in [-0.3, -0.25) is 0 Å². The van der Waals surface area contributed by atoms with E-state index >= 15 is 0 Å². The number of benzene rings is 1. The molecule has 2 fully saturated rings. The second kappa shape index (κ2) is 5.01. The molecule has 2 saturated heterocycles. The van der Waals surface area contributed by atoms with Crippen LogP contribution in [0.1, 0.15) is 12.8 Å². The summed E-state index contributed by atoms with van der Waals surface area (Å²) >= 11 is 0. The Kier molecular flexibility index (Phi) is 3.55. The topological polar surface area (TPSA) is 80.8 Å². The van der Waals surface area contributed by atoms with E-state index in [4.69, 9.17) is 4.74 Å². The molecule has 2 aliphatic heterocycles. The summed E-state index contributed by atoms with van der Waals surface area (Å²) in [6.07, 6.45) is 1.39. The van der Waals surface area contributed by atoms with Crippen molar-refractivity contribution in [3.63, 3.8) is 0 Å². The van der Waals surface area contributed by atoms with E-state index in [-0.39, 0.29) is 30.2 Å². The van der Waals surface area contributed by atoms with Crippen molar-refractivity contribution in [1.82, 2.24) is 4.31 Å². The van der Waals surface area contributed by atoms with Crippen molar-refractivity contribution in [2.75, 3.05) is 13.1 Å². The first-order valence-corrected chi connectivity index (χ1v) is 9.29. The lowest BCUT2D eigenvalue weighted by molar-refractivity contribution is -0.0114. The van der Waals surface area contributed by atoms with Crippen molar-refractivity contribution in [3.8, 4) is 0 Å². The van der Waals surface area contributed by atoms with Crippen LogP contribution in [-0.2, 0) is 25.0 Å². The minimum Gasteiger partial charge on any atom is -0.372 e. The second-order valence-electron chi connectivity index (χ2n) is 5.19. The number of nitrogens with zero attached hydrogens (tertiary/aromatic N) is 1. The monoisotopic (exact) mass is 335 g/mol. The van der Waals surface area contributed by atoms with Crippen molar-refractivity contribution in [2.24, 2.45) is 0 Å². The normalized spacial score (nSPS) is 26.9. The lowest BCUT2D eigenvalue weighted by Gasteiger charge is -2.31. The highest BCUT2D eigenvalue weighted by Gasteiger charge is 2.39. The molecule has 0 N–H and O–H groups in total. The minimum atomic E-state index is -4.93. The number of hydrogen-bond acceptors (Lipinski definition) is 5. The van der Waals surface area contributed by atoms with Gasteiger partial charge in [-0.1, -0.05) is 6.07 Å². The predicted molar refractivity (Wildman–Crippen MR) is 71.4 cm³/mol. The number of ether oxygens (including phenoxy) is 1. The fraction of sp³-hybridized carbons (Fsp3) is 0.500. The van der Waals surface area contributed by atoms with Gasteiger partial charge in [0.2, 0.25) is 10.0 Å². The van der Waals surface area contributed by atoms with Gasteiger partial charge in [0.1, 0.15) is 0 Å². The van der Waals surface area contributed by atoms with Crippen LogP contribution >= 0.6 is 0 Å². The van der Waals surface area contributed by atoms with Gasteiger partial charge >= 0.3 is 10.2 Å². The maximum absolute atomic E-state index is 13.0. The zero-order valence-electron chi connectivity index (χ0n) is 11.0. The van der Waals surface area contributed by atoms with Crippen LogP contribution in [0.5, 0.6) is 0 Å². The molecule has 0 radical (unpaired) electrons. The highest BCUT2D eigenvalue weighted by molar-refractivity contribution is 7.89. The summed E-state index contributed by atoms with van der Waals surface area (Å²) in [5.74, 6) is 0. The van der Waals surface area contributed by atoms with E-state index in [1.165, 1.54) is 16.4 Å². The van der Waals surface area contributed by atoms with Gasteiger partial charge in [0.05, 0.1) is 22.0 Å². The average Bonchev–Trinajstić information content (AvgIpc) is 2.76. The molecule has 1 aromatic rings. The molecule has 0 aliphatic carbocycles. The smallest absolute Gasteiger partial charge is 0.332 e. The standard InChI is InChI=1S/C12H14FNO5S2/c13-20(15,16)11-2-1-3-12(6-11)21(17,18)14-7-9-4-5-10(8-14)19-9/h1-3,6,9-10H,4-5,7-8H2. The van der Waals surface area contributed by atoms with Crippen LogP contribution in [0.25, 0.3) is 0 Å². The summed E-state index contributed by atoms with van der Waals surface area (Å²) in [6.45, 7) is 0.483. The molecule has 1 aromatic carbocycles. The van der Waals surface area contributed by atoms with E-state index in [0.29, 0.717) is 0 Å². The molecule has 21 heavy (non-hydrogen) atoms. The molecule has 116 valence electrons. The van der Waals surface area contributed by atoms with E-state index in [2.05, 4.69) is 0 Å². The molecule has 9 heteroatoms. The average molecular weight is 335 g/mol. The Labute approximate surface area is 122 Å². The highest BCUT2D eigenvalue weighted by atomic mass is 32.3. The van der Waals surface area contributed by atoms with Crippen molar-refractivity contribution in [1.29, 1.82) is 0 Å². The van der Waals surface area contributed by atoms with Crippen LogP contribution in [0.4, 0.5) is 3.89 Å². The first kappa shape index (κ1) is 14.9. The Morgan fingerprint density at radius 3 is 2.19 bits per heavy atom. The first-order valence-electron chi connectivity index (χ1n) is 6.47. The molecule has 0 saturated carbocycles. The molecular weight excluding hydrogens is 321 g/mol. The molecule has 6 nitrogen and oxygen atoms in total. The van der Waals surface area contributed by atoms with Crippen LogP contribution in [0.15, 0.2) is 34.1 Å². The van der Waals surface area contributed by atoms with Crippen LogP contribution < -0.4 is 0 Å². The Morgan fingerprint density at radius 2 is 1.62 bits per heavy atom. The molecule has 2 atom stereocenters. The van der Waals surface area contributed by atoms with Crippen molar-refractivity contribution in [2.45, 2.75) is 34.8 Å². The van der Waals surface area contributed by atoms with Gasteiger partial charge in [-0.05, 0) is 31.0 Å². The summed E-state index contributed by atoms with van der Waals surface area (Å²) in [4.78, 5) is -0.873. The van der Waals surface area contributed by atoms with Gasteiger partial charge in [-0.15, -0.1) is 3.89 Å². The minimum absolute atomic E-state index is 0.119. The Hall–Kier alpha value is -1.03. The number of hydrogen-bond donors (Lipinski definition) is 0. The fourth-order valence-corrected chi connectivity index (χ4v) is 4.84. The van der Waals surface area contributed by atoms with Gasteiger partial charge in [0.15, 0.2) is 0 Å². The summed E-state index contributed by atoms with van der Waals surface area (Å²) < 4.78 is 66.8. The zero-order chi connectivity index (χ0) is 15.3. The highest BCUT2D eigenvalue weighted by Crippen LogP contribution is 2.30. The number of halogens is 1. The van der Waals surface area contributed by atoms with Crippen LogP contribution in [0.3, 0.4) is 0 Å². The third-order valence-corrected chi connectivity index (χ3v) is 6.38. The summed E-state index contributed by atoms with van der Waals surface area (Å²) in [7, 11) is -8.78. The zero-order valence-corrected chi connectivity index (χ0v) is 12.6. The van der Waals surface area contributed by atoms with E-state index in [1.807, 2.05) is 0 Å². The fourth-order valence-electron chi connectivity index (χ4n) is 2.71. The molecule has 0 amide bonds. The molecule has 2 bridgehead atoms. The SMILES string of the molecule is O=S(=O)(F)c1cccc(S(=O)(=O)N2CC3CCC(C2)O3)c1. The largest absolute Gasteiger partial charge is 0.372 e. The quantitative estimate of drug-likeness (QED) is 0.767. The van der Waals surface area contributed by atoms with Gasteiger partial charge in [-0.2, -0.15) is 12.7 Å². The third kappa shape index (κ3) is 2.83. The Bertz CT molecular complexity index is 750. The summed E-state index contributed by atoms with van der Waals surface area (Å²) in [6, 6.07) is 4.36. The van der Waals surface area contributed by atoms with Gasteiger partial charge in [0.25, 0.3) is 0 Å². The first-order chi connectivity index (χ1) is 9.77. The van der Waals surface area contributed by atoms with Gasteiger partial charge < -0.3 is 4.74 Å². The Balaban J connectivity index is 1.95. The van der Waals surface area contributed by atoms with E-state index in [9.17, 15) is 20.7 Å². The Morgan fingerprint density at radius 1 is 1.05 bits per heavy atom. The molecule has 2 unspecified atom stereocenters. The van der Waals surface area contributed by atoms with Crippen LogP contribution in [0, 0.1) is 0 Å². The summed E-state index contributed by atoms with van der Waals surface area (Å²) in [5, 5.41) is 0. The lowest BCUT2D eigenvalue weighted by Crippen LogP contribution is -2.45. The maximum atomic E-state index is 13.0. The summed E-state index contributed by atoms with van der Waals surface area (Å²) in [5.41, 5.74) is 0. The predicted octanol–water partition coefficient (Wildman–Crippen LogP) is 0.897. The maximum Gasteiger partial charge on any atom is 0.332 e. The third-order valence-electron chi connectivity index (χ3n) is 3.73. The van der Waals surface area contributed by atoms with Gasteiger partial charge in [0, 0.05) is 13.1 Å². The lowest BCUT2D eigenvalue weighted by atomic mass is 10.2. The van der Waals surface area contributed by atoms with E-state index in [1.54, 1.807) is 0 Å². The number of fused-ring (bicyclic) bond motifs is 2. The van der Waals surface area contributed by atoms with Crippen molar-refractivity contribution < 1.29 is 25.5 Å². The number of sulfonamides is 1. The van der Waals surface area contributed by atoms with Crippen LogP contribution in [-0.4, -0.2) is 46.4 Å².